The first-order valence-corrected chi connectivity index (χ1v) is 4.19. The van der Waals surface area contributed by atoms with Crippen molar-refractivity contribution in [2.75, 3.05) is 6.54 Å². The van der Waals surface area contributed by atoms with Gasteiger partial charge in [-0.15, -0.1) is 0 Å². The molecule has 60 valence electrons. The molecule has 0 radical (unpaired) electrons. The predicted molar refractivity (Wildman–Crippen MR) is 41.4 cm³/mol. The number of unbranched alkanes of at least 4 members (excludes halogenated alkanes) is 1. The normalized spacial score (nSPS) is 38.1. The molecular weight excluding hydrogens is 126 g/mol. The smallest absolute Gasteiger partial charge is 0.161 e. The number of rotatable bonds is 4. The summed E-state index contributed by atoms with van der Waals surface area (Å²) < 4.78 is 0. The van der Waals surface area contributed by atoms with Crippen LogP contribution in [0.4, 0.5) is 0 Å². The molecule has 1 aliphatic heterocycles. The van der Waals surface area contributed by atoms with Crippen molar-refractivity contribution in [1.82, 2.24) is 5.06 Å². The van der Waals surface area contributed by atoms with Crippen LogP contribution < -0.4 is 0 Å². The summed E-state index contributed by atoms with van der Waals surface area (Å²) in [6.07, 6.45) is 3.59. The first-order chi connectivity index (χ1) is 4.73. The van der Waals surface area contributed by atoms with E-state index in [4.69, 9.17) is 4.84 Å². The molecule has 1 saturated heterocycles. The van der Waals surface area contributed by atoms with Crippen LogP contribution in [0.2, 0.25) is 0 Å². The molecule has 0 aromatic carbocycles. The first kappa shape index (κ1) is 8.02. The van der Waals surface area contributed by atoms with Crippen LogP contribution in [-0.4, -0.2) is 17.3 Å². The minimum atomic E-state index is 0.0924. The van der Waals surface area contributed by atoms with Crippen LogP contribution >= 0.6 is 0 Å². The molecule has 0 bridgehead atoms. The summed E-state index contributed by atoms with van der Waals surface area (Å²) in [5.74, 6) is 0. The Morgan fingerprint density at radius 1 is 1.40 bits per heavy atom. The van der Waals surface area contributed by atoms with Gasteiger partial charge in [-0.3, -0.25) is 4.84 Å². The molecule has 2 atom stereocenters. The summed E-state index contributed by atoms with van der Waals surface area (Å²) in [6.45, 7) is 7.60. The second-order valence-corrected chi connectivity index (χ2v) is 3.08. The van der Waals surface area contributed by atoms with Crippen molar-refractivity contribution in [3.8, 4) is 0 Å². The molecular formula is C8H17NO. The first-order valence-electron chi connectivity index (χ1n) is 4.19. The van der Waals surface area contributed by atoms with E-state index in [1.54, 1.807) is 0 Å². The molecule has 0 N–H and O–H groups in total. The van der Waals surface area contributed by atoms with Crippen molar-refractivity contribution < 1.29 is 4.84 Å². The third kappa shape index (κ3) is 1.50. The lowest BCUT2D eigenvalue weighted by atomic mass is 10.2. The zero-order chi connectivity index (χ0) is 7.61. The van der Waals surface area contributed by atoms with Gasteiger partial charge in [0.2, 0.25) is 0 Å². The summed E-state index contributed by atoms with van der Waals surface area (Å²) in [5, 5.41) is 2.08. The molecule has 10 heavy (non-hydrogen) atoms. The summed E-state index contributed by atoms with van der Waals surface area (Å²) in [5.41, 5.74) is 0.0924. The maximum atomic E-state index is 5.39. The van der Waals surface area contributed by atoms with E-state index >= 15 is 0 Å². The topological polar surface area (TPSA) is 15.5 Å². The summed E-state index contributed by atoms with van der Waals surface area (Å²) in [6, 6.07) is 0. The van der Waals surface area contributed by atoms with E-state index in [9.17, 15) is 0 Å². The molecule has 0 saturated carbocycles. The second-order valence-electron chi connectivity index (χ2n) is 3.08. The van der Waals surface area contributed by atoms with Gasteiger partial charge in [-0.25, -0.2) is 0 Å². The number of hydroxylamine groups is 2. The summed E-state index contributed by atoms with van der Waals surface area (Å²) in [7, 11) is 0. The van der Waals surface area contributed by atoms with Crippen molar-refractivity contribution in [2.24, 2.45) is 0 Å². The Hall–Kier alpha value is -0.0800. The molecule has 2 unspecified atom stereocenters. The fraction of sp³-hybridized carbons (Fsp3) is 1.00. The van der Waals surface area contributed by atoms with E-state index in [1.165, 1.54) is 12.8 Å². The van der Waals surface area contributed by atoms with Gasteiger partial charge in [-0.2, -0.15) is 5.06 Å². The zero-order valence-electron chi connectivity index (χ0n) is 7.18. The van der Waals surface area contributed by atoms with Gasteiger partial charge >= 0.3 is 0 Å². The maximum absolute atomic E-state index is 5.39. The van der Waals surface area contributed by atoms with Gasteiger partial charge in [0.05, 0.1) is 0 Å². The molecule has 1 fully saturated rings. The van der Waals surface area contributed by atoms with Crippen molar-refractivity contribution in [1.29, 1.82) is 0 Å². The van der Waals surface area contributed by atoms with Crippen molar-refractivity contribution in [3.05, 3.63) is 0 Å². The Kier molecular flexibility index (Phi) is 2.32. The van der Waals surface area contributed by atoms with Crippen LogP contribution in [0.25, 0.3) is 0 Å². The lowest BCUT2D eigenvalue weighted by Crippen LogP contribution is -2.13. The van der Waals surface area contributed by atoms with E-state index < -0.39 is 0 Å². The van der Waals surface area contributed by atoms with Gasteiger partial charge in [0.15, 0.2) is 5.72 Å². The average molecular weight is 143 g/mol. The summed E-state index contributed by atoms with van der Waals surface area (Å²) >= 11 is 0. The monoisotopic (exact) mass is 143 g/mol. The zero-order valence-corrected chi connectivity index (χ0v) is 7.18. The third-order valence-electron chi connectivity index (χ3n) is 2.17. The van der Waals surface area contributed by atoms with E-state index in [1.807, 2.05) is 0 Å². The highest BCUT2D eigenvalue weighted by Crippen LogP contribution is 2.36. The maximum Gasteiger partial charge on any atom is 0.161 e. The highest BCUT2D eigenvalue weighted by atomic mass is 16.9. The Labute approximate surface area is 63.1 Å². The van der Waals surface area contributed by atoms with E-state index in [2.05, 4.69) is 25.8 Å². The lowest BCUT2D eigenvalue weighted by molar-refractivity contribution is 0.191. The predicted octanol–water partition coefficient (Wildman–Crippen LogP) is 2.16. The third-order valence-corrected chi connectivity index (χ3v) is 2.17. The SMILES string of the molecule is CCCCN1OC1(C)CC. The number of hydrogen-bond acceptors (Lipinski definition) is 2. The molecule has 0 aromatic rings. The van der Waals surface area contributed by atoms with Crippen LogP contribution in [0.15, 0.2) is 0 Å². The van der Waals surface area contributed by atoms with Gasteiger partial charge in [0.1, 0.15) is 0 Å². The van der Waals surface area contributed by atoms with Gasteiger partial charge in [0, 0.05) is 6.54 Å². The number of nitrogens with zero attached hydrogens (tertiary/aromatic N) is 1. The highest BCUT2D eigenvalue weighted by Gasteiger charge is 2.47. The molecule has 2 heteroatoms. The minimum Gasteiger partial charge on any atom is -0.272 e. The van der Waals surface area contributed by atoms with Crippen molar-refractivity contribution >= 4 is 0 Å². The van der Waals surface area contributed by atoms with E-state index in [0.29, 0.717) is 0 Å². The Morgan fingerprint density at radius 2 is 2.10 bits per heavy atom. The molecule has 2 nitrogen and oxygen atoms in total. The van der Waals surface area contributed by atoms with E-state index in [0.717, 1.165) is 13.0 Å². The van der Waals surface area contributed by atoms with Gasteiger partial charge < -0.3 is 0 Å². The van der Waals surface area contributed by atoms with Crippen LogP contribution in [0.5, 0.6) is 0 Å². The van der Waals surface area contributed by atoms with Gasteiger partial charge in [-0.05, 0) is 19.8 Å². The Bertz CT molecular complexity index is 116. The highest BCUT2D eigenvalue weighted by molar-refractivity contribution is 4.79. The van der Waals surface area contributed by atoms with Crippen LogP contribution in [0.1, 0.15) is 40.0 Å². The average Bonchev–Trinajstić information content (AvgIpc) is 2.59. The minimum absolute atomic E-state index is 0.0924. The van der Waals surface area contributed by atoms with E-state index in [-0.39, 0.29) is 5.72 Å². The molecule has 0 spiro atoms. The van der Waals surface area contributed by atoms with Crippen molar-refractivity contribution in [2.45, 2.75) is 45.8 Å². The molecule has 1 heterocycles. The molecule has 1 rings (SSSR count). The molecule has 0 aliphatic carbocycles. The van der Waals surface area contributed by atoms with Gasteiger partial charge in [-0.1, -0.05) is 20.3 Å². The second kappa shape index (κ2) is 2.89. The molecule has 0 amide bonds. The molecule has 1 aliphatic rings. The largest absolute Gasteiger partial charge is 0.272 e. The fourth-order valence-corrected chi connectivity index (χ4v) is 1.04. The quantitative estimate of drug-likeness (QED) is 0.560. The van der Waals surface area contributed by atoms with Crippen LogP contribution in [0, 0.1) is 0 Å². The Morgan fingerprint density at radius 3 is 2.50 bits per heavy atom. The Balaban J connectivity index is 2.12. The van der Waals surface area contributed by atoms with Gasteiger partial charge in [0.25, 0.3) is 0 Å². The number of hydrogen-bond donors (Lipinski definition) is 0. The van der Waals surface area contributed by atoms with Crippen LogP contribution in [-0.2, 0) is 4.84 Å². The lowest BCUT2D eigenvalue weighted by Gasteiger charge is -2.00. The molecule has 0 aromatic heterocycles. The van der Waals surface area contributed by atoms with Crippen molar-refractivity contribution in [3.63, 3.8) is 0 Å². The summed E-state index contributed by atoms with van der Waals surface area (Å²) in [4.78, 5) is 5.39. The van der Waals surface area contributed by atoms with Crippen LogP contribution in [0.3, 0.4) is 0 Å². The fourth-order valence-electron chi connectivity index (χ4n) is 1.04. The standard InChI is InChI=1S/C8H17NO/c1-4-6-7-9-8(3,5-2)10-9/h4-7H2,1-3H3.